The third-order valence-corrected chi connectivity index (χ3v) is 5.33. The van der Waals surface area contributed by atoms with Crippen molar-refractivity contribution in [3.63, 3.8) is 0 Å². The predicted molar refractivity (Wildman–Crippen MR) is 88.8 cm³/mol. The predicted octanol–water partition coefficient (Wildman–Crippen LogP) is 3.38. The standard InChI is InChI=1S/C16H29ClN4/c1-5-16(3,21-10-8-7-9-11-21)15(18-6-2)14-13(17)12-19-20(14)4/h12,15,18H,5-11H2,1-4H3. The normalized spacial score (nSPS) is 21.2. The number of halogens is 1. The van der Waals surface area contributed by atoms with Gasteiger partial charge in [-0.3, -0.25) is 9.58 Å². The molecule has 0 bridgehead atoms. The summed E-state index contributed by atoms with van der Waals surface area (Å²) in [4.78, 5) is 2.65. The number of likely N-dealkylation sites (tertiary alicyclic amines) is 1. The summed E-state index contributed by atoms with van der Waals surface area (Å²) >= 11 is 6.44. The van der Waals surface area contributed by atoms with Crippen LogP contribution in [0.3, 0.4) is 0 Å². The quantitative estimate of drug-likeness (QED) is 0.874. The van der Waals surface area contributed by atoms with E-state index >= 15 is 0 Å². The lowest BCUT2D eigenvalue weighted by Gasteiger charge is -2.48. The fourth-order valence-corrected chi connectivity index (χ4v) is 3.85. The van der Waals surface area contributed by atoms with Crippen LogP contribution in [0.2, 0.25) is 5.02 Å². The molecule has 5 heteroatoms. The van der Waals surface area contributed by atoms with E-state index in [1.165, 1.54) is 32.4 Å². The summed E-state index contributed by atoms with van der Waals surface area (Å²) in [5.41, 5.74) is 1.17. The molecule has 1 N–H and O–H groups in total. The van der Waals surface area contributed by atoms with Crippen LogP contribution in [-0.4, -0.2) is 39.9 Å². The number of aromatic nitrogens is 2. The fourth-order valence-electron chi connectivity index (χ4n) is 3.58. The molecule has 2 unspecified atom stereocenters. The zero-order valence-corrected chi connectivity index (χ0v) is 14.6. The maximum absolute atomic E-state index is 6.44. The Kier molecular flexibility index (Phi) is 5.69. The Hall–Kier alpha value is -0.580. The SMILES string of the molecule is CCNC(c1c(Cl)cnn1C)C(C)(CC)N1CCCCC1. The van der Waals surface area contributed by atoms with E-state index in [2.05, 4.69) is 36.1 Å². The highest BCUT2D eigenvalue weighted by Gasteiger charge is 2.41. The van der Waals surface area contributed by atoms with Crippen LogP contribution >= 0.6 is 11.6 Å². The van der Waals surface area contributed by atoms with Gasteiger partial charge in [0.05, 0.1) is 23.0 Å². The summed E-state index contributed by atoms with van der Waals surface area (Å²) in [5, 5.41) is 8.77. The van der Waals surface area contributed by atoms with E-state index in [9.17, 15) is 0 Å². The Morgan fingerprint density at radius 3 is 2.48 bits per heavy atom. The van der Waals surface area contributed by atoms with Gasteiger partial charge in [0.15, 0.2) is 0 Å². The lowest BCUT2D eigenvalue weighted by atomic mass is 9.83. The number of hydrogen-bond acceptors (Lipinski definition) is 3. The van der Waals surface area contributed by atoms with Crippen molar-refractivity contribution >= 4 is 11.6 Å². The molecule has 2 rings (SSSR count). The smallest absolute Gasteiger partial charge is 0.0834 e. The second-order valence-electron chi connectivity index (χ2n) is 6.25. The lowest BCUT2D eigenvalue weighted by Crippen LogP contribution is -2.56. The van der Waals surface area contributed by atoms with Crippen molar-refractivity contribution in [3.05, 3.63) is 16.9 Å². The molecule has 0 spiro atoms. The van der Waals surface area contributed by atoms with Gasteiger partial charge in [-0.1, -0.05) is 31.9 Å². The number of nitrogens with one attached hydrogen (secondary N) is 1. The Labute approximate surface area is 133 Å². The first-order valence-corrected chi connectivity index (χ1v) is 8.58. The second-order valence-corrected chi connectivity index (χ2v) is 6.66. The van der Waals surface area contributed by atoms with E-state index in [0.717, 1.165) is 23.7 Å². The average molecular weight is 313 g/mol. The Bertz CT molecular complexity index is 434. The van der Waals surface area contributed by atoms with Crippen molar-refractivity contribution < 1.29 is 0 Å². The molecule has 0 saturated carbocycles. The van der Waals surface area contributed by atoms with Crippen LogP contribution in [0.4, 0.5) is 0 Å². The minimum Gasteiger partial charge on any atom is -0.307 e. The summed E-state index contributed by atoms with van der Waals surface area (Å²) in [6.07, 6.45) is 6.80. The third kappa shape index (κ3) is 3.27. The van der Waals surface area contributed by atoms with Crippen molar-refractivity contribution in [1.82, 2.24) is 20.0 Å². The largest absolute Gasteiger partial charge is 0.307 e. The van der Waals surface area contributed by atoms with Crippen LogP contribution in [0.15, 0.2) is 6.20 Å². The second kappa shape index (κ2) is 7.12. The highest BCUT2D eigenvalue weighted by Crippen LogP contribution is 2.38. The monoisotopic (exact) mass is 312 g/mol. The number of rotatable bonds is 6. The van der Waals surface area contributed by atoms with Gasteiger partial charge in [-0.15, -0.1) is 0 Å². The van der Waals surface area contributed by atoms with Crippen LogP contribution in [0, 0.1) is 0 Å². The summed E-state index contributed by atoms with van der Waals surface area (Å²) in [5.74, 6) is 0. The molecule has 1 saturated heterocycles. The maximum Gasteiger partial charge on any atom is 0.0834 e. The van der Waals surface area contributed by atoms with Crippen molar-refractivity contribution in [1.29, 1.82) is 0 Å². The molecule has 0 amide bonds. The molecule has 0 radical (unpaired) electrons. The molecule has 1 aliphatic heterocycles. The average Bonchev–Trinajstić information content (AvgIpc) is 2.84. The molecular formula is C16H29ClN4. The van der Waals surface area contributed by atoms with Gasteiger partial charge < -0.3 is 5.32 Å². The minimum absolute atomic E-state index is 0.0634. The van der Waals surface area contributed by atoms with E-state index in [1.54, 1.807) is 6.20 Å². The molecular weight excluding hydrogens is 284 g/mol. The van der Waals surface area contributed by atoms with Crippen molar-refractivity contribution in [2.45, 2.75) is 58.0 Å². The van der Waals surface area contributed by atoms with Gasteiger partial charge in [0.1, 0.15) is 0 Å². The van der Waals surface area contributed by atoms with Crippen LogP contribution in [0.1, 0.15) is 58.2 Å². The summed E-state index contributed by atoms with van der Waals surface area (Å²) in [6, 6.07) is 0.200. The number of hydrogen-bond donors (Lipinski definition) is 1. The van der Waals surface area contributed by atoms with E-state index in [1.807, 2.05) is 11.7 Å². The zero-order chi connectivity index (χ0) is 15.5. The molecule has 2 heterocycles. The fraction of sp³-hybridized carbons (Fsp3) is 0.812. The summed E-state index contributed by atoms with van der Waals surface area (Å²) in [6.45, 7) is 10.1. The molecule has 120 valence electrons. The van der Waals surface area contributed by atoms with Gasteiger partial charge in [-0.05, 0) is 45.8 Å². The van der Waals surface area contributed by atoms with Crippen molar-refractivity contribution in [3.8, 4) is 0 Å². The van der Waals surface area contributed by atoms with E-state index in [0.29, 0.717) is 0 Å². The molecule has 1 aromatic heterocycles. The number of nitrogens with zero attached hydrogens (tertiary/aromatic N) is 3. The highest BCUT2D eigenvalue weighted by molar-refractivity contribution is 6.31. The molecule has 2 atom stereocenters. The van der Waals surface area contributed by atoms with E-state index < -0.39 is 0 Å². The molecule has 1 aromatic rings. The van der Waals surface area contributed by atoms with Gasteiger partial charge in [0, 0.05) is 12.6 Å². The van der Waals surface area contributed by atoms with Gasteiger partial charge in [-0.2, -0.15) is 5.10 Å². The molecule has 0 aromatic carbocycles. The van der Waals surface area contributed by atoms with Crippen molar-refractivity contribution in [2.24, 2.45) is 7.05 Å². The molecule has 0 aliphatic carbocycles. The zero-order valence-electron chi connectivity index (χ0n) is 13.8. The van der Waals surface area contributed by atoms with Gasteiger partial charge in [-0.25, -0.2) is 0 Å². The van der Waals surface area contributed by atoms with Gasteiger partial charge >= 0.3 is 0 Å². The van der Waals surface area contributed by atoms with Crippen LogP contribution < -0.4 is 5.32 Å². The molecule has 4 nitrogen and oxygen atoms in total. The van der Waals surface area contributed by atoms with Crippen LogP contribution in [0.5, 0.6) is 0 Å². The van der Waals surface area contributed by atoms with Crippen LogP contribution in [0.25, 0.3) is 0 Å². The van der Waals surface area contributed by atoms with E-state index in [-0.39, 0.29) is 11.6 Å². The third-order valence-electron chi connectivity index (χ3n) is 5.04. The number of likely N-dealkylation sites (N-methyl/N-ethyl adjacent to an activating group) is 1. The van der Waals surface area contributed by atoms with E-state index in [4.69, 9.17) is 11.6 Å². The molecule has 21 heavy (non-hydrogen) atoms. The Morgan fingerprint density at radius 2 is 2.00 bits per heavy atom. The van der Waals surface area contributed by atoms with Crippen LogP contribution in [-0.2, 0) is 7.05 Å². The van der Waals surface area contributed by atoms with Gasteiger partial charge in [0.25, 0.3) is 0 Å². The first-order valence-electron chi connectivity index (χ1n) is 8.20. The minimum atomic E-state index is 0.0634. The van der Waals surface area contributed by atoms with Crippen molar-refractivity contribution in [2.75, 3.05) is 19.6 Å². The first kappa shape index (κ1) is 16.8. The maximum atomic E-state index is 6.44. The summed E-state index contributed by atoms with van der Waals surface area (Å²) < 4.78 is 1.92. The lowest BCUT2D eigenvalue weighted by molar-refractivity contribution is 0.0405. The summed E-state index contributed by atoms with van der Waals surface area (Å²) in [7, 11) is 1.98. The topological polar surface area (TPSA) is 33.1 Å². The van der Waals surface area contributed by atoms with Gasteiger partial charge in [0.2, 0.25) is 0 Å². The highest BCUT2D eigenvalue weighted by atomic mass is 35.5. The number of aryl methyl sites for hydroxylation is 1. The first-order chi connectivity index (χ1) is 10.0. The molecule has 1 fully saturated rings. The Balaban J connectivity index is 2.38. The Morgan fingerprint density at radius 1 is 1.33 bits per heavy atom. The molecule has 1 aliphatic rings. The number of piperidine rings is 1.